The number of carbonyl (C=O) groups excluding carboxylic acids is 1. The van der Waals surface area contributed by atoms with Crippen molar-refractivity contribution in [3.05, 3.63) is 36.0 Å². The number of hydrogen-bond acceptors (Lipinski definition) is 2. The second kappa shape index (κ2) is 6.38. The first-order valence-corrected chi connectivity index (χ1v) is 6.62. The SMILES string of the molecule is CC(C)CONC(=O)CCc1c[nH]c2ccccc12. The molecule has 2 aromatic rings. The van der Waals surface area contributed by atoms with E-state index in [1.807, 2.05) is 38.2 Å². The van der Waals surface area contributed by atoms with E-state index >= 15 is 0 Å². The molecule has 1 aromatic heterocycles. The van der Waals surface area contributed by atoms with E-state index in [1.54, 1.807) is 0 Å². The Hall–Kier alpha value is -1.81. The molecule has 1 amide bonds. The van der Waals surface area contributed by atoms with Gasteiger partial charge in [-0.25, -0.2) is 5.48 Å². The molecule has 0 bridgehead atoms. The highest BCUT2D eigenvalue weighted by Crippen LogP contribution is 2.18. The van der Waals surface area contributed by atoms with Gasteiger partial charge in [-0.15, -0.1) is 0 Å². The van der Waals surface area contributed by atoms with Crippen LogP contribution in [0.15, 0.2) is 30.5 Å². The topological polar surface area (TPSA) is 54.1 Å². The zero-order valence-corrected chi connectivity index (χ0v) is 11.4. The van der Waals surface area contributed by atoms with Crippen molar-refractivity contribution in [2.45, 2.75) is 26.7 Å². The summed E-state index contributed by atoms with van der Waals surface area (Å²) in [6, 6.07) is 8.10. The van der Waals surface area contributed by atoms with Gasteiger partial charge in [-0.2, -0.15) is 0 Å². The standard InChI is InChI=1S/C15H20N2O2/c1-11(2)10-19-17-15(18)8-7-12-9-16-14-6-4-3-5-13(12)14/h3-6,9,11,16H,7-8,10H2,1-2H3,(H,17,18). The molecule has 0 aliphatic carbocycles. The number of fused-ring (bicyclic) bond motifs is 1. The number of aromatic nitrogens is 1. The number of carbonyl (C=O) groups is 1. The van der Waals surface area contributed by atoms with Crippen LogP contribution in [0.4, 0.5) is 0 Å². The van der Waals surface area contributed by atoms with Crippen LogP contribution in [0.2, 0.25) is 0 Å². The van der Waals surface area contributed by atoms with E-state index in [9.17, 15) is 4.79 Å². The van der Waals surface area contributed by atoms with E-state index in [2.05, 4.69) is 16.5 Å². The zero-order chi connectivity index (χ0) is 13.7. The smallest absolute Gasteiger partial charge is 0.243 e. The zero-order valence-electron chi connectivity index (χ0n) is 11.4. The molecule has 1 heterocycles. The van der Waals surface area contributed by atoms with Gasteiger partial charge in [0.2, 0.25) is 5.91 Å². The van der Waals surface area contributed by atoms with Crippen molar-refractivity contribution in [2.24, 2.45) is 5.92 Å². The minimum atomic E-state index is -0.0778. The molecule has 2 rings (SSSR count). The van der Waals surface area contributed by atoms with Gasteiger partial charge in [-0.1, -0.05) is 32.0 Å². The van der Waals surface area contributed by atoms with Crippen molar-refractivity contribution in [1.82, 2.24) is 10.5 Å². The molecule has 0 unspecified atom stereocenters. The fourth-order valence-electron chi connectivity index (χ4n) is 1.93. The summed E-state index contributed by atoms with van der Waals surface area (Å²) in [4.78, 5) is 19.9. The summed E-state index contributed by atoms with van der Waals surface area (Å²) < 4.78 is 0. The van der Waals surface area contributed by atoms with Gasteiger partial charge in [-0.3, -0.25) is 9.63 Å². The number of benzene rings is 1. The Morgan fingerprint density at radius 3 is 2.95 bits per heavy atom. The summed E-state index contributed by atoms with van der Waals surface area (Å²) in [7, 11) is 0. The number of H-pyrrole nitrogens is 1. The fraction of sp³-hybridized carbons (Fsp3) is 0.400. The molecule has 4 nitrogen and oxygen atoms in total. The van der Waals surface area contributed by atoms with E-state index in [0.29, 0.717) is 25.4 Å². The summed E-state index contributed by atoms with van der Waals surface area (Å²) >= 11 is 0. The third kappa shape index (κ3) is 3.83. The van der Waals surface area contributed by atoms with Gasteiger partial charge in [0.1, 0.15) is 0 Å². The number of nitrogens with one attached hydrogen (secondary N) is 2. The van der Waals surface area contributed by atoms with E-state index in [4.69, 9.17) is 4.84 Å². The summed E-state index contributed by atoms with van der Waals surface area (Å²) in [5.41, 5.74) is 4.74. The second-order valence-corrected chi connectivity index (χ2v) is 5.09. The van der Waals surface area contributed by atoms with Crippen LogP contribution in [0, 0.1) is 5.92 Å². The molecule has 0 saturated carbocycles. The summed E-state index contributed by atoms with van der Waals surface area (Å²) in [6.45, 7) is 4.62. The van der Waals surface area contributed by atoms with Crippen LogP contribution < -0.4 is 5.48 Å². The van der Waals surface area contributed by atoms with Crippen molar-refractivity contribution in [1.29, 1.82) is 0 Å². The quantitative estimate of drug-likeness (QED) is 0.785. The molecule has 0 aliphatic rings. The Morgan fingerprint density at radius 1 is 1.37 bits per heavy atom. The van der Waals surface area contributed by atoms with Gasteiger partial charge < -0.3 is 4.98 Å². The van der Waals surface area contributed by atoms with Crippen LogP contribution in [-0.4, -0.2) is 17.5 Å². The highest BCUT2D eigenvalue weighted by atomic mass is 16.6. The van der Waals surface area contributed by atoms with Gasteiger partial charge in [0, 0.05) is 23.5 Å². The highest BCUT2D eigenvalue weighted by molar-refractivity contribution is 5.84. The lowest BCUT2D eigenvalue weighted by atomic mass is 10.1. The Morgan fingerprint density at radius 2 is 2.16 bits per heavy atom. The maximum Gasteiger partial charge on any atom is 0.243 e. The van der Waals surface area contributed by atoms with Crippen molar-refractivity contribution >= 4 is 16.8 Å². The molecular formula is C15H20N2O2. The third-order valence-corrected chi connectivity index (χ3v) is 2.90. The molecule has 0 saturated heterocycles. The molecule has 0 spiro atoms. The molecule has 2 N–H and O–H groups in total. The van der Waals surface area contributed by atoms with Gasteiger partial charge in [0.05, 0.1) is 6.61 Å². The van der Waals surface area contributed by atoms with Gasteiger partial charge in [0.15, 0.2) is 0 Å². The van der Waals surface area contributed by atoms with Crippen LogP contribution in [0.3, 0.4) is 0 Å². The monoisotopic (exact) mass is 260 g/mol. The lowest BCUT2D eigenvalue weighted by molar-refractivity contribution is -0.134. The van der Waals surface area contributed by atoms with Crippen molar-refractivity contribution in [3.8, 4) is 0 Å². The lowest BCUT2D eigenvalue weighted by Gasteiger charge is -2.07. The van der Waals surface area contributed by atoms with Gasteiger partial charge in [-0.05, 0) is 24.0 Å². The first kappa shape index (κ1) is 13.6. The lowest BCUT2D eigenvalue weighted by Crippen LogP contribution is -2.25. The molecule has 4 heteroatoms. The molecular weight excluding hydrogens is 240 g/mol. The molecule has 1 aromatic carbocycles. The minimum Gasteiger partial charge on any atom is -0.361 e. The van der Waals surface area contributed by atoms with Crippen molar-refractivity contribution in [3.63, 3.8) is 0 Å². The second-order valence-electron chi connectivity index (χ2n) is 5.09. The third-order valence-electron chi connectivity index (χ3n) is 2.90. The largest absolute Gasteiger partial charge is 0.361 e. The van der Waals surface area contributed by atoms with E-state index in [-0.39, 0.29) is 5.91 Å². The molecule has 19 heavy (non-hydrogen) atoms. The molecule has 102 valence electrons. The minimum absolute atomic E-state index is 0.0778. The van der Waals surface area contributed by atoms with Gasteiger partial charge in [0.25, 0.3) is 0 Å². The maximum absolute atomic E-state index is 11.6. The van der Waals surface area contributed by atoms with Crippen molar-refractivity contribution in [2.75, 3.05) is 6.61 Å². The van der Waals surface area contributed by atoms with E-state index in [1.165, 1.54) is 5.39 Å². The van der Waals surface area contributed by atoms with E-state index < -0.39 is 0 Å². The Bertz CT molecular complexity index is 546. The number of amides is 1. The molecule has 0 atom stereocenters. The first-order chi connectivity index (χ1) is 9.16. The molecule has 0 radical (unpaired) electrons. The molecule has 0 fully saturated rings. The number of hydrogen-bond donors (Lipinski definition) is 2. The number of aryl methyl sites for hydroxylation is 1. The van der Waals surface area contributed by atoms with Crippen molar-refractivity contribution < 1.29 is 9.63 Å². The average molecular weight is 260 g/mol. The normalized spacial score (nSPS) is 11.1. The highest BCUT2D eigenvalue weighted by Gasteiger charge is 2.06. The number of para-hydroxylation sites is 1. The maximum atomic E-state index is 11.6. The Kier molecular flexibility index (Phi) is 4.58. The molecule has 0 aliphatic heterocycles. The van der Waals surface area contributed by atoms with Gasteiger partial charge >= 0.3 is 0 Å². The van der Waals surface area contributed by atoms with Crippen LogP contribution in [-0.2, 0) is 16.1 Å². The number of hydroxylamine groups is 1. The first-order valence-electron chi connectivity index (χ1n) is 6.62. The van der Waals surface area contributed by atoms with Crippen LogP contribution in [0.5, 0.6) is 0 Å². The number of aromatic amines is 1. The van der Waals surface area contributed by atoms with Crippen LogP contribution >= 0.6 is 0 Å². The number of rotatable bonds is 6. The Balaban J connectivity index is 1.83. The van der Waals surface area contributed by atoms with E-state index in [0.717, 1.165) is 11.1 Å². The van der Waals surface area contributed by atoms with Crippen LogP contribution in [0.25, 0.3) is 10.9 Å². The Labute approximate surface area is 113 Å². The average Bonchev–Trinajstić information content (AvgIpc) is 2.79. The summed E-state index contributed by atoms with van der Waals surface area (Å²) in [5, 5.41) is 1.18. The predicted molar refractivity (Wildman–Crippen MR) is 75.6 cm³/mol. The fourth-order valence-corrected chi connectivity index (χ4v) is 1.93. The summed E-state index contributed by atoms with van der Waals surface area (Å²) in [5.74, 6) is 0.333. The summed E-state index contributed by atoms with van der Waals surface area (Å²) in [6.07, 6.45) is 3.10. The van der Waals surface area contributed by atoms with Crippen LogP contribution in [0.1, 0.15) is 25.8 Å². The predicted octanol–water partition coefficient (Wildman–Crippen LogP) is 2.80.